The lowest BCUT2D eigenvalue weighted by atomic mass is 10.1. The lowest BCUT2D eigenvalue weighted by Crippen LogP contribution is -2.49. The molecule has 1 saturated heterocycles. The number of nitriles is 1. The Bertz CT molecular complexity index is 505. The Morgan fingerprint density at radius 1 is 1.42 bits per heavy atom. The molecule has 1 atom stereocenters. The fourth-order valence-electron chi connectivity index (χ4n) is 2.23. The van der Waals surface area contributed by atoms with Gasteiger partial charge in [0.05, 0.1) is 17.2 Å². The number of hydrogen-bond acceptors (Lipinski definition) is 3. The van der Waals surface area contributed by atoms with Gasteiger partial charge in [-0.25, -0.2) is 0 Å². The van der Waals surface area contributed by atoms with Crippen LogP contribution >= 0.6 is 0 Å². The van der Waals surface area contributed by atoms with Gasteiger partial charge in [-0.15, -0.1) is 0 Å². The van der Waals surface area contributed by atoms with Crippen LogP contribution in [0.3, 0.4) is 0 Å². The van der Waals surface area contributed by atoms with Crippen molar-refractivity contribution in [1.82, 2.24) is 5.32 Å². The number of halogens is 3. The van der Waals surface area contributed by atoms with Gasteiger partial charge < -0.3 is 10.2 Å². The molecule has 0 aliphatic carbocycles. The fraction of sp³-hybridized carbons (Fsp3) is 0.462. The van der Waals surface area contributed by atoms with Gasteiger partial charge in [-0.2, -0.15) is 18.4 Å². The number of rotatable bonds is 1. The van der Waals surface area contributed by atoms with Gasteiger partial charge in [-0.3, -0.25) is 0 Å². The normalized spacial score (nSPS) is 20.2. The topological polar surface area (TPSA) is 39.1 Å². The summed E-state index contributed by atoms with van der Waals surface area (Å²) >= 11 is 0. The van der Waals surface area contributed by atoms with E-state index in [0.717, 1.165) is 12.6 Å². The summed E-state index contributed by atoms with van der Waals surface area (Å²) in [5.41, 5.74) is -0.683. The van der Waals surface area contributed by atoms with E-state index in [0.29, 0.717) is 18.8 Å². The number of alkyl halides is 3. The predicted octanol–water partition coefficient (Wildman–Crippen LogP) is 2.38. The largest absolute Gasteiger partial charge is 0.417 e. The van der Waals surface area contributed by atoms with E-state index in [2.05, 4.69) is 5.32 Å². The monoisotopic (exact) mass is 269 g/mol. The average molecular weight is 269 g/mol. The first-order valence-electron chi connectivity index (χ1n) is 6.01. The first-order valence-corrected chi connectivity index (χ1v) is 6.01. The molecule has 1 aliphatic heterocycles. The van der Waals surface area contributed by atoms with E-state index >= 15 is 0 Å². The van der Waals surface area contributed by atoms with Crippen molar-refractivity contribution in [3.05, 3.63) is 29.3 Å². The summed E-state index contributed by atoms with van der Waals surface area (Å²) < 4.78 is 38.6. The molecule has 19 heavy (non-hydrogen) atoms. The molecule has 1 heterocycles. The SMILES string of the molecule is C[C@@H]1CN(c2ccc(C#N)c(C(F)(F)F)c2)CCN1. The van der Waals surface area contributed by atoms with Crippen molar-refractivity contribution in [2.75, 3.05) is 24.5 Å². The van der Waals surface area contributed by atoms with Crippen molar-refractivity contribution in [1.29, 1.82) is 5.26 Å². The Labute approximate surface area is 109 Å². The number of anilines is 1. The van der Waals surface area contributed by atoms with Crippen LogP contribution in [0.4, 0.5) is 18.9 Å². The maximum absolute atomic E-state index is 12.9. The molecule has 0 unspecified atom stereocenters. The van der Waals surface area contributed by atoms with Crippen LogP contribution in [0.15, 0.2) is 18.2 Å². The molecule has 0 saturated carbocycles. The maximum atomic E-state index is 12.9. The molecule has 1 fully saturated rings. The van der Waals surface area contributed by atoms with Gasteiger partial charge in [-0.05, 0) is 25.1 Å². The third-order valence-corrected chi connectivity index (χ3v) is 3.16. The van der Waals surface area contributed by atoms with Crippen molar-refractivity contribution in [3.8, 4) is 6.07 Å². The molecule has 0 spiro atoms. The van der Waals surface area contributed by atoms with Crippen molar-refractivity contribution in [2.24, 2.45) is 0 Å². The highest BCUT2D eigenvalue weighted by atomic mass is 19.4. The van der Waals surface area contributed by atoms with Gasteiger partial charge >= 0.3 is 6.18 Å². The van der Waals surface area contributed by atoms with Crippen molar-refractivity contribution < 1.29 is 13.2 Å². The fourth-order valence-corrected chi connectivity index (χ4v) is 2.23. The number of piperazine rings is 1. The van der Waals surface area contributed by atoms with Gasteiger partial charge in [0.1, 0.15) is 0 Å². The molecule has 102 valence electrons. The van der Waals surface area contributed by atoms with Gasteiger partial charge in [0.2, 0.25) is 0 Å². The Morgan fingerprint density at radius 2 is 2.16 bits per heavy atom. The van der Waals surface area contributed by atoms with Crippen LogP contribution in [0, 0.1) is 11.3 Å². The third kappa shape index (κ3) is 2.99. The molecular formula is C13H14F3N3. The predicted molar refractivity (Wildman–Crippen MR) is 65.8 cm³/mol. The molecule has 2 rings (SSSR count). The standard InChI is InChI=1S/C13H14F3N3/c1-9-8-19(5-4-18-9)11-3-2-10(7-17)12(6-11)13(14,15)16/h2-3,6,9,18H,4-5,8H2,1H3/t9-/m1/s1. The third-order valence-electron chi connectivity index (χ3n) is 3.16. The Balaban J connectivity index is 2.35. The van der Waals surface area contributed by atoms with Crippen LogP contribution in [0.25, 0.3) is 0 Å². The molecule has 0 radical (unpaired) electrons. The summed E-state index contributed by atoms with van der Waals surface area (Å²) in [6.07, 6.45) is -4.50. The number of nitrogens with one attached hydrogen (secondary N) is 1. The molecule has 0 aromatic heterocycles. The summed E-state index contributed by atoms with van der Waals surface area (Å²) in [7, 11) is 0. The highest BCUT2D eigenvalue weighted by molar-refractivity contribution is 5.55. The second-order valence-electron chi connectivity index (χ2n) is 4.64. The highest BCUT2D eigenvalue weighted by Gasteiger charge is 2.34. The maximum Gasteiger partial charge on any atom is 0.417 e. The molecule has 1 aromatic carbocycles. The zero-order valence-corrected chi connectivity index (χ0v) is 10.5. The van der Waals surface area contributed by atoms with Gasteiger partial charge in [-0.1, -0.05) is 0 Å². The number of nitrogens with zero attached hydrogens (tertiary/aromatic N) is 2. The van der Waals surface area contributed by atoms with Crippen molar-refractivity contribution in [3.63, 3.8) is 0 Å². The molecule has 1 aliphatic rings. The Morgan fingerprint density at radius 3 is 2.74 bits per heavy atom. The van der Waals surface area contributed by atoms with Crippen LogP contribution in [-0.2, 0) is 6.18 Å². The average Bonchev–Trinajstić information content (AvgIpc) is 2.37. The highest BCUT2D eigenvalue weighted by Crippen LogP contribution is 2.34. The quantitative estimate of drug-likeness (QED) is 0.850. The van der Waals surface area contributed by atoms with Crippen LogP contribution < -0.4 is 10.2 Å². The van der Waals surface area contributed by atoms with Crippen LogP contribution in [-0.4, -0.2) is 25.7 Å². The molecule has 6 heteroatoms. The smallest absolute Gasteiger partial charge is 0.369 e. The lowest BCUT2D eigenvalue weighted by Gasteiger charge is -2.34. The molecule has 0 amide bonds. The summed E-state index contributed by atoms with van der Waals surface area (Å²) in [5, 5.41) is 12.0. The number of benzene rings is 1. The van der Waals surface area contributed by atoms with Gasteiger partial charge in [0, 0.05) is 31.4 Å². The Kier molecular flexibility index (Phi) is 3.67. The van der Waals surface area contributed by atoms with E-state index in [9.17, 15) is 13.2 Å². The van der Waals surface area contributed by atoms with E-state index in [1.165, 1.54) is 6.07 Å². The first kappa shape index (κ1) is 13.7. The zero-order valence-electron chi connectivity index (χ0n) is 10.5. The second-order valence-corrected chi connectivity index (χ2v) is 4.64. The summed E-state index contributed by atoms with van der Waals surface area (Å²) in [4.78, 5) is 1.90. The van der Waals surface area contributed by atoms with Crippen LogP contribution in [0.2, 0.25) is 0 Å². The van der Waals surface area contributed by atoms with E-state index in [-0.39, 0.29) is 11.6 Å². The molecule has 0 bridgehead atoms. The van der Waals surface area contributed by atoms with Gasteiger partial charge in [0.25, 0.3) is 0 Å². The summed E-state index contributed by atoms with van der Waals surface area (Å²) in [6, 6.07) is 5.71. The molecular weight excluding hydrogens is 255 g/mol. The molecule has 1 aromatic rings. The lowest BCUT2D eigenvalue weighted by molar-refractivity contribution is -0.137. The minimum Gasteiger partial charge on any atom is -0.369 e. The van der Waals surface area contributed by atoms with Gasteiger partial charge in [0.15, 0.2) is 0 Å². The van der Waals surface area contributed by atoms with Crippen molar-refractivity contribution in [2.45, 2.75) is 19.1 Å². The van der Waals surface area contributed by atoms with Crippen molar-refractivity contribution >= 4 is 5.69 Å². The number of hydrogen-bond donors (Lipinski definition) is 1. The van der Waals surface area contributed by atoms with Crippen LogP contribution in [0.5, 0.6) is 0 Å². The minimum absolute atomic E-state index is 0.235. The second kappa shape index (κ2) is 5.10. The summed E-state index contributed by atoms with van der Waals surface area (Å²) in [6.45, 7) is 4.04. The first-order chi connectivity index (χ1) is 8.91. The summed E-state index contributed by atoms with van der Waals surface area (Å²) in [5.74, 6) is 0. The van der Waals surface area contributed by atoms with Crippen LogP contribution in [0.1, 0.15) is 18.1 Å². The van der Waals surface area contributed by atoms with E-state index < -0.39 is 11.7 Å². The van der Waals surface area contributed by atoms with E-state index in [1.54, 1.807) is 12.1 Å². The molecule has 3 nitrogen and oxygen atoms in total. The van der Waals surface area contributed by atoms with E-state index in [4.69, 9.17) is 5.26 Å². The minimum atomic E-state index is -4.50. The van der Waals surface area contributed by atoms with E-state index in [1.807, 2.05) is 11.8 Å². The molecule has 1 N–H and O–H groups in total. The zero-order chi connectivity index (χ0) is 14.0. The Hall–Kier alpha value is -1.74.